The van der Waals surface area contributed by atoms with E-state index >= 15 is 0 Å². The number of hydrogen-bond donors (Lipinski definition) is 1. The lowest BCUT2D eigenvalue weighted by Crippen LogP contribution is -2.50. The standard InChI is InChI=1S/C15H15F2N3O2S/c16-8-5-10(17)13-12(6-8)23-15(19-13)20-3-4-22-11(7-20)14(21)18-9-1-2-9/h5-6,9,11H,1-4,7H2,(H,18,21). The van der Waals surface area contributed by atoms with E-state index in [9.17, 15) is 13.6 Å². The number of halogens is 2. The highest BCUT2D eigenvalue weighted by Gasteiger charge is 2.32. The fourth-order valence-electron chi connectivity index (χ4n) is 2.58. The van der Waals surface area contributed by atoms with Crippen molar-refractivity contribution < 1.29 is 18.3 Å². The summed E-state index contributed by atoms with van der Waals surface area (Å²) < 4.78 is 33.1. The summed E-state index contributed by atoms with van der Waals surface area (Å²) in [6, 6.07) is 2.38. The van der Waals surface area contributed by atoms with Crippen molar-refractivity contribution in [3.8, 4) is 0 Å². The van der Waals surface area contributed by atoms with Crippen molar-refractivity contribution in [2.45, 2.75) is 25.0 Å². The molecule has 1 aliphatic carbocycles. The number of thiazole rings is 1. The van der Waals surface area contributed by atoms with Gasteiger partial charge < -0.3 is 15.0 Å². The van der Waals surface area contributed by atoms with Gasteiger partial charge in [-0.05, 0) is 18.9 Å². The molecule has 4 rings (SSSR count). The van der Waals surface area contributed by atoms with Gasteiger partial charge in [-0.2, -0.15) is 0 Å². The van der Waals surface area contributed by atoms with Gasteiger partial charge in [0.2, 0.25) is 0 Å². The van der Waals surface area contributed by atoms with Crippen LogP contribution in [-0.2, 0) is 9.53 Å². The third-order valence-electron chi connectivity index (χ3n) is 3.96. The van der Waals surface area contributed by atoms with Crippen LogP contribution in [0, 0.1) is 11.6 Å². The van der Waals surface area contributed by atoms with Crippen LogP contribution in [0.4, 0.5) is 13.9 Å². The minimum absolute atomic E-state index is 0.115. The first kappa shape index (κ1) is 14.8. The molecule has 1 aromatic carbocycles. The molecule has 2 fully saturated rings. The molecule has 122 valence electrons. The molecular formula is C15H15F2N3O2S. The molecule has 2 heterocycles. The fraction of sp³-hybridized carbons (Fsp3) is 0.467. The maximum atomic E-state index is 13.8. The molecule has 23 heavy (non-hydrogen) atoms. The molecule has 0 spiro atoms. The minimum atomic E-state index is -0.668. The van der Waals surface area contributed by atoms with Gasteiger partial charge in [0, 0.05) is 18.7 Å². The molecule has 1 amide bonds. The summed E-state index contributed by atoms with van der Waals surface area (Å²) in [5.41, 5.74) is 0.164. The maximum absolute atomic E-state index is 13.8. The summed E-state index contributed by atoms with van der Waals surface area (Å²) in [6.45, 7) is 1.33. The Morgan fingerprint density at radius 3 is 3.00 bits per heavy atom. The number of hydrogen-bond acceptors (Lipinski definition) is 5. The maximum Gasteiger partial charge on any atom is 0.251 e. The summed E-state index contributed by atoms with van der Waals surface area (Å²) in [5.74, 6) is -1.40. The Bertz CT molecular complexity index is 763. The van der Waals surface area contributed by atoms with Crippen LogP contribution in [0.3, 0.4) is 0 Å². The second-order valence-electron chi connectivity index (χ2n) is 5.82. The Labute approximate surface area is 135 Å². The van der Waals surface area contributed by atoms with Crippen LogP contribution in [0.25, 0.3) is 10.2 Å². The summed E-state index contributed by atoms with van der Waals surface area (Å²) in [4.78, 5) is 18.3. The lowest BCUT2D eigenvalue weighted by Gasteiger charge is -2.31. The summed E-state index contributed by atoms with van der Waals surface area (Å²) >= 11 is 1.22. The van der Waals surface area contributed by atoms with Crippen molar-refractivity contribution >= 4 is 32.6 Å². The topological polar surface area (TPSA) is 54.5 Å². The SMILES string of the molecule is O=C(NC1CC1)C1CN(c2nc3c(F)cc(F)cc3s2)CCO1. The molecule has 1 aliphatic heterocycles. The lowest BCUT2D eigenvalue weighted by molar-refractivity contribution is -0.133. The zero-order chi connectivity index (χ0) is 16.0. The number of amides is 1. The van der Waals surface area contributed by atoms with Gasteiger partial charge in [-0.25, -0.2) is 13.8 Å². The van der Waals surface area contributed by atoms with Crippen molar-refractivity contribution in [2.75, 3.05) is 24.6 Å². The molecule has 0 bridgehead atoms. The number of nitrogens with zero attached hydrogens (tertiary/aromatic N) is 2. The number of carbonyl (C=O) groups is 1. The molecular weight excluding hydrogens is 324 g/mol. The van der Waals surface area contributed by atoms with Gasteiger partial charge in [-0.15, -0.1) is 0 Å². The van der Waals surface area contributed by atoms with Crippen molar-refractivity contribution in [1.82, 2.24) is 10.3 Å². The van der Waals surface area contributed by atoms with Gasteiger partial charge in [0.1, 0.15) is 11.3 Å². The number of aromatic nitrogens is 1. The average molecular weight is 339 g/mol. The van der Waals surface area contributed by atoms with E-state index in [4.69, 9.17) is 4.74 Å². The predicted molar refractivity (Wildman–Crippen MR) is 82.7 cm³/mol. The molecule has 1 saturated carbocycles. The largest absolute Gasteiger partial charge is 0.365 e. The number of benzene rings is 1. The lowest BCUT2D eigenvalue weighted by atomic mass is 10.2. The summed E-state index contributed by atoms with van der Waals surface area (Å²) in [5, 5.41) is 3.50. The highest BCUT2D eigenvalue weighted by atomic mass is 32.1. The van der Waals surface area contributed by atoms with E-state index in [1.807, 2.05) is 4.90 Å². The van der Waals surface area contributed by atoms with E-state index in [-0.39, 0.29) is 17.5 Å². The Kier molecular flexibility index (Phi) is 3.65. The van der Waals surface area contributed by atoms with E-state index in [1.54, 1.807) is 0 Å². The summed E-state index contributed by atoms with van der Waals surface area (Å²) in [6.07, 6.45) is 1.48. The van der Waals surface area contributed by atoms with E-state index in [2.05, 4.69) is 10.3 Å². The predicted octanol–water partition coefficient (Wildman–Crippen LogP) is 2.06. The van der Waals surface area contributed by atoms with Gasteiger partial charge in [0.25, 0.3) is 5.91 Å². The smallest absolute Gasteiger partial charge is 0.251 e. The van der Waals surface area contributed by atoms with Gasteiger partial charge in [0.15, 0.2) is 17.1 Å². The Morgan fingerprint density at radius 2 is 2.22 bits per heavy atom. The second-order valence-corrected chi connectivity index (χ2v) is 6.83. The number of anilines is 1. The summed E-state index contributed by atoms with van der Waals surface area (Å²) in [7, 11) is 0. The van der Waals surface area contributed by atoms with Crippen molar-refractivity contribution in [2.24, 2.45) is 0 Å². The van der Waals surface area contributed by atoms with Crippen molar-refractivity contribution in [3.63, 3.8) is 0 Å². The van der Waals surface area contributed by atoms with E-state index < -0.39 is 17.7 Å². The number of rotatable bonds is 3. The van der Waals surface area contributed by atoms with Crippen LogP contribution in [-0.4, -0.2) is 42.7 Å². The molecule has 1 saturated heterocycles. The first-order chi connectivity index (χ1) is 11.1. The number of fused-ring (bicyclic) bond motifs is 1. The van der Waals surface area contributed by atoms with Gasteiger partial charge >= 0.3 is 0 Å². The monoisotopic (exact) mass is 339 g/mol. The van der Waals surface area contributed by atoms with E-state index in [0.717, 1.165) is 18.9 Å². The van der Waals surface area contributed by atoms with Crippen LogP contribution >= 0.6 is 11.3 Å². The van der Waals surface area contributed by atoms with Crippen molar-refractivity contribution in [1.29, 1.82) is 0 Å². The molecule has 1 atom stereocenters. The molecule has 1 N–H and O–H groups in total. The first-order valence-electron chi connectivity index (χ1n) is 7.52. The van der Waals surface area contributed by atoms with Crippen LogP contribution in [0.1, 0.15) is 12.8 Å². The molecule has 1 aromatic heterocycles. The van der Waals surface area contributed by atoms with Crippen LogP contribution in [0.5, 0.6) is 0 Å². The Hall–Kier alpha value is -1.80. The molecule has 2 aromatic rings. The molecule has 2 aliphatic rings. The van der Waals surface area contributed by atoms with Crippen molar-refractivity contribution in [3.05, 3.63) is 23.8 Å². The Morgan fingerprint density at radius 1 is 1.39 bits per heavy atom. The highest BCUT2D eigenvalue weighted by molar-refractivity contribution is 7.22. The average Bonchev–Trinajstić information content (AvgIpc) is 3.23. The number of ether oxygens (including phenoxy) is 1. The van der Waals surface area contributed by atoms with Crippen LogP contribution in [0.15, 0.2) is 12.1 Å². The number of nitrogens with one attached hydrogen (secondary N) is 1. The number of carbonyl (C=O) groups excluding carboxylic acids is 1. The Balaban J connectivity index is 1.54. The normalized spacial score (nSPS) is 21.7. The first-order valence-corrected chi connectivity index (χ1v) is 8.34. The van der Waals surface area contributed by atoms with Crippen LogP contribution < -0.4 is 10.2 Å². The molecule has 0 radical (unpaired) electrons. The van der Waals surface area contributed by atoms with Gasteiger partial charge in [-0.1, -0.05) is 11.3 Å². The highest BCUT2D eigenvalue weighted by Crippen LogP contribution is 2.32. The molecule has 8 heteroatoms. The van der Waals surface area contributed by atoms with Gasteiger partial charge in [-0.3, -0.25) is 4.79 Å². The third-order valence-corrected chi connectivity index (χ3v) is 5.02. The van der Waals surface area contributed by atoms with E-state index in [1.165, 1.54) is 17.4 Å². The third kappa shape index (κ3) is 3.00. The zero-order valence-electron chi connectivity index (χ0n) is 12.2. The van der Waals surface area contributed by atoms with Gasteiger partial charge in [0.05, 0.1) is 17.9 Å². The molecule has 1 unspecified atom stereocenters. The number of morpholine rings is 1. The minimum Gasteiger partial charge on any atom is -0.365 e. The fourth-order valence-corrected chi connectivity index (χ4v) is 3.62. The second kappa shape index (κ2) is 5.68. The van der Waals surface area contributed by atoms with Crippen LogP contribution in [0.2, 0.25) is 0 Å². The van der Waals surface area contributed by atoms with E-state index in [0.29, 0.717) is 29.5 Å². The quantitative estimate of drug-likeness (QED) is 0.930. The zero-order valence-corrected chi connectivity index (χ0v) is 13.0. The molecule has 5 nitrogen and oxygen atoms in total.